The van der Waals surface area contributed by atoms with E-state index < -0.39 is 0 Å². The van der Waals surface area contributed by atoms with Crippen molar-refractivity contribution in [2.75, 3.05) is 6.54 Å². The number of likely N-dealkylation sites (tertiary alicyclic amines) is 1. The van der Waals surface area contributed by atoms with Gasteiger partial charge in [-0.15, -0.1) is 0 Å². The van der Waals surface area contributed by atoms with Crippen LogP contribution in [-0.2, 0) is 11.3 Å². The molecule has 2 heterocycles. The molecule has 0 saturated carbocycles. The van der Waals surface area contributed by atoms with E-state index in [9.17, 15) is 4.79 Å². The first kappa shape index (κ1) is 10.4. The third-order valence-electron chi connectivity index (χ3n) is 2.59. The predicted octanol–water partition coefficient (Wildman–Crippen LogP) is 1.50. The molecule has 1 unspecified atom stereocenters. The highest BCUT2D eigenvalue weighted by atomic mass is 35.5. The zero-order valence-electron chi connectivity index (χ0n) is 8.48. The van der Waals surface area contributed by atoms with Gasteiger partial charge in [-0.2, -0.15) is 0 Å². The molecule has 1 aromatic heterocycles. The zero-order chi connectivity index (χ0) is 10.8. The Bertz CT molecular complexity index is 365. The van der Waals surface area contributed by atoms with Crippen LogP contribution in [0.3, 0.4) is 0 Å². The molecule has 5 heteroatoms. The maximum Gasteiger partial charge on any atom is 0.225 e. The van der Waals surface area contributed by atoms with Gasteiger partial charge in [-0.05, 0) is 6.42 Å². The summed E-state index contributed by atoms with van der Waals surface area (Å²) in [6, 6.07) is 0. The van der Waals surface area contributed by atoms with E-state index in [4.69, 9.17) is 11.6 Å². The van der Waals surface area contributed by atoms with Gasteiger partial charge in [0.15, 0.2) is 0 Å². The molecular formula is C10H12ClN3O. The molecule has 0 spiro atoms. The van der Waals surface area contributed by atoms with Crippen LogP contribution in [0.5, 0.6) is 0 Å². The highest BCUT2D eigenvalue weighted by Gasteiger charge is 2.27. The molecule has 0 aromatic carbocycles. The molecular weight excluding hydrogens is 214 g/mol. The summed E-state index contributed by atoms with van der Waals surface area (Å²) in [5, 5.41) is 0.375. The number of carbonyl (C=O) groups excluding carboxylic acids is 1. The van der Waals surface area contributed by atoms with E-state index >= 15 is 0 Å². The Morgan fingerprint density at radius 1 is 1.53 bits per heavy atom. The van der Waals surface area contributed by atoms with Crippen LogP contribution in [0, 0.1) is 5.92 Å². The van der Waals surface area contributed by atoms with Gasteiger partial charge < -0.3 is 4.90 Å². The molecule has 1 atom stereocenters. The second-order valence-electron chi connectivity index (χ2n) is 3.78. The summed E-state index contributed by atoms with van der Waals surface area (Å²) in [7, 11) is 0. The Balaban J connectivity index is 2.03. The molecule has 1 amide bonds. The van der Waals surface area contributed by atoms with Crippen LogP contribution in [0.15, 0.2) is 12.4 Å². The summed E-state index contributed by atoms with van der Waals surface area (Å²) in [5.74, 6) is 0.344. The van der Waals surface area contributed by atoms with Crippen molar-refractivity contribution in [3.8, 4) is 0 Å². The van der Waals surface area contributed by atoms with Gasteiger partial charge in [0.2, 0.25) is 5.91 Å². The first-order valence-corrected chi connectivity index (χ1v) is 5.30. The Morgan fingerprint density at radius 3 is 2.87 bits per heavy atom. The van der Waals surface area contributed by atoms with Crippen molar-refractivity contribution < 1.29 is 4.79 Å². The number of nitrogens with zero attached hydrogens (tertiary/aromatic N) is 3. The number of halogens is 1. The second-order valence-corrected chi connectivity index (χ2v) is 4.17. The lowest BCUT2D eigenvalue weighted by molar-refractivity contribution is -0.131. The van der Waals surface area contributed by atoms with Crippen LogP contribution in [0.1, 0.15) is 19.0 Å². The fourth-order valence-electron chi connectivity index (χ4n) is 1.67. The van der Waals surface area contributed by atoms with Gasteiger partial charge in [-0.25, -0.2) is 4.98 Å². The van der Waals surface area contributed by atoms with E-state index in [0.717, 1.165) is 18.7 Å². The van der Waals surface area contributed by atoms with Gasteiger partial charge in [-0.1, -0.05) is 18.5 Å². The number of rotatable bonds is 2. The minimum absolute atomic E-state index is 0.144. The van der Waals surface area contributed by atoms with Crippen molar-refractivity contribution in [3.63, 3.8) is 0 Å². The van der Waals surface area contributed by atoms with Crippen LogP contribution >= 0.6 is 11.6 Å². The average Bonchev–Trinajstić information content (AvgIpc) is 2.53. The lowest BCUT2D eigenvalue weighted by Crippen LogP contribution is -2.26. The van der Waals surface area contributed by atoms with Crippen LogP contribution in [0.25, 0.3) is 0 Å². The minimum atomic E-state index is 0.144. The molecule has 0 radical (unpaired) electrons. The molecule has 15 heavy (non-hydrogen) atoms. The van der Waals surface area contributed by atoms with Gasteiger partial charge in [0.25, 0.3) is 0 Å². The van der Waals surface area contributed by atoms with Gasteiger partial charge in [0.05, 0.1) is 24.6 Å². The van der Waals surface area contributed by atoms with Gasteiger partial charge in [0, 0.05) is 12.5 Å². The molecule has 0 aliphatic carbocycles. The number of carbonyl (C=O) groups is 1. The van der Waals surface area contributed by atoms with Gasteiger partial charge in [0.1, 0.15) is 5.15 Å². The van der Waals surface area contributed by atoms with Crippen LogP contribution in [-0.4, -0.2) is 27.3 Å². The molecule has 1 saturated heterocycles. The lowest BCUT2D eigenvalue weighted by Gasteiger charge is -2.14. The molecule has 1 aliphatic rings. The summed E-state index contributed by atoms with van der Waals surface area (Å²) in [6.07, 6.45) is 4.04. The molecule has 4 nitrogen and oxygen atoms in total. The van der Waals surface area contributed by atoms with E-state index in [0.29, 0.717) is 11.7 Å². The standard InChI is InChI=1S/C10H12ClN3O/c1-7-2-3-14(10(7)15)6-8-4-13-9(11)5-12-8/h4-5,7H,2-3,6H2,1H3. The Kier molecular flexibility index (Phi) is 2.86. The largest absolute Gasteiger partial charge is 0.336 e. The van der Waals surface area contributed by atoms with Gasteiger partial charge >= 0.3 is 0 Å². The summed E-state index contributed by atoms with van der Waals surface area (Å²) in [6.45, 7) is 3.30. The molecule has 0 N–H and O–H groups in total. The van der Waals surface area contributed by atoms with Crippen molar-refractivity contribution in [2.45, 2.75) is 19.9 Å². The Morgan fingerprint density at radius 2 is 2.33 bits per heavy atom. The first-order valence-electron chi connectivity index (χ1n) is 4.92. The average molecular weight is 226 g/mol. The molecule has 0 bridgehead atoms. The van der Waals surface area contributed by atoms with E-state index in [-0.39, 0.29) is 11.8 Å². The number of hydrogen-bond acceptors (Lipinski definition) is 3. The van der Waals surface area contributed by atoms with Gasteiger partial charge in [-0.3, -0.25) is 9.78 Å². The fraction of sp³-hybridized carbons (Fsp3) is 0.500. The molecule has 1 aliphatic heterocycles. The number of amides is 1. The quantitative estimate of drug-likeness (QED) is 0.766. The maximum atomic E-state index is 11.6. The Labute approximate surface area is 93.3 Å². The smallest absolute Gasteiger partial charge is 0.225 e. The highest BCUT2D eigenvalue weighted by Crippen LogP contribution is 2.18. The summed E-state index contributed by atoms with van der Waals surface area (Å²) in [4.78, 5) is 21.5. The highest BCUT2D eigenvalue weighted by molar-refractivity contribution is 6.29. The van der Waals surface area contributed by atoms with Crippen LogP contribution in [0.4, 0.5) is 0 Å². The second kappa shape index (κ2) is 4.14. The fourth-order valence-corrected chi connectivity index (χ4v) is 1.77. The lowest BCUT2D eigenvalue weighted by atomic mass is 10.1. The maximum absolute atomic E-state index is 11.6. The van der Waals surface area contributed by atoms with Crippen molar-refractivity contribution in [1.82, 2.24) is 14.9 Å². The van der Waals surface area contributed by atoms with E-state index in [2.05, 4.69) is 9.97 Å². The first-order chi connectivity index (χ1) is 7.16. The number of hydrogen-bond donors (Lipinski definition) is 0. The van der Waals surface area contributed by atoms with Crippen LogP contribution in [0.2, 0.25) is 5.15 Å². The van der Waals surface area contributed by atoms with Crippen molar-refractivity contribution in [2.24, 2.45) is 5.92 Å². The Hall–Kier alpha value is -1.16. The van der Waals surface area contributed by atoms with E-state index in [1.807, 2.05) is 11.8 Å². The summed E-state index contributed by atoms with van der Waals surface area (Å²) < 4.78 is 0. The normalized spacial score (nSPS) is 21.1. The summed E-state index contributed by atoms with van der Waals surface area (Å²) >= 11 is 5.63. The molecule has 2 rings (SSSR count). The topological polar surface area (TPSA) is 46.1 Å². The van der Waals surface area contributed by atoms with E-state index in [1.165, 1.54) is 6.20 Å². The number of aromatic nitrogens is 2. The SMILES string of the molecule is CC1CCN(Cc2cnc(Cl)cn2)C1=O. The molecule has 80 valence electrons. The van der Waals surface area contributed by atoms with Crippen molar-refractivity contribution in [1.29, 1.82) is 0 Å². The minimum Gasteiger partial charge on any atom is -0.336 e. The summed E-state index contributed by atoms with van der Waals surface area (Å²) in [5.41, 5.74) is 0.779. The molecule has 1 aromatic rings. The zero-order valence-corrected chi connectivity index (χ0v) is 9.24. The predicted molar refractivity (Wildman–Crippen MR) is 56.2 cm³/mol. The van der Waals surface area contributed by atoms with Crippen molar-refractivity contribution in [3.05, 3.63) is 23.2 Å². The third kappa shape index (κ3) is 2.26. The monoisotopic (exact) mass is 225 g/mol. The van der Waals surface area contributed by atoms with Crippen LogP contribution < -0.4 is 0 Å². The third-order valence-corrected chi connectivity index (χ3v) is 2.79. The van der Waals surface area contributed by atoms with Crippen molar-refractivity contribution >= 4 is 17.5 Å². The van der Waals surface area contributed by atoms with E-state index in [1.54, 1.807) is 6.20 Å². The molecule has 1 fully saturated rings.